The summed E-state index contributed by atoms with van der Waals surface area (Å²) in [6.07, 6.45) is 10.1. The summed E-state index contributed by atoms with van der Waals surface area (Å²) in [5, 5.41) is 7.36. The molecule has 86 valence electrons. The van der Waals surface area contributed by atoms with Crippen molar-refractivity contribution in [1.29, 1.82) is 0 Å². The fourth-order valence-electron chi connectivity index (χ4n) is 3.17. The standard InChI is InChI=1S/C13H24N2/c1-2-3-9-14-12-7-4-6-11(12)13-8-5-10-15-13/h2,11-15H,1,3-10H2. The lowest BCUT2D eigenvalue weighted by atomic mass is 9.93. The van der Waals surface area contributed by atoms with Crippen LogP contribution in [0.1, 0.15) is 38.5 Å². The number of hydrogen-bond donors (Lipinski definition) is 2. The summed E-state index contributed by atoms with van der Waals surface area (Å²) in [6, 6.07) is 1.56. The third-order valence-electron chi connectivity index (χ3n) is 3.94. The zero-order valence-corrected chi connectivity index (χ0v) is 9.67. The first-order valence-corrected chi connectivity index (χ1v) is 6.49. The van der Waals surface area contributed by atoms with Crippen LogP contribution in [0.4, 0.5) is 0 Å². The zero-order chi connectivity index (χ0) is 10.5. The van der Waals surface area contributed by atoms with Crippen molar-refractivity contribution in [2.24, 2.45) is 5.92 Å². The largest absolute Gasteiger partial charge is 0.314 e. The molecule has 2 N–H and O–H groups in total. The lowest BCUT2D eigenvalue weighted by Crippen LogP contribution is -2.42. The van der Waals surface area contributed by atoms with Crippen LogP contribution in [0.3, 0.4) is 0 Å². The van der Waals surface area contributed by atoms with Gasteiger partial charge in [0.15, 0.2) is 0 Å². The van der Waals surface area contributed by atoms with Crippen molar-refractivity contribution in [3.05, 3.63) is 12.7 Å². The Morgan fingerprint density at radius 1 is 1.27 bits per heavy atom. The molecule has 0 spiro atoms. The molecule has 2 nitrogen and oxygen atoms in total. The smallest absolute Gasteiger partial charge is 0.0111 e. The van der Waals surface area contributed by atoms with E-state index in [0.717, 1.165) is 31.0 Å². The van der Waals surface area contributed by atoms with Gasteiger partial charge in [-0.2, -0.15) is 0 Å². The van der Waals surface area contributed by atoms with Crippen LogP contribution >= 0.6 is 0 Å². The molecule has 3 atom stereocenters. The molecule has 0 aromatic heterocycles. The Hall–Kier alpha value is -0.340. The summed E-state index contributed by atoms with van der Waals surface area (Å²) in [5.41, 5.74) is 0. The van der Waals surface area contributed by atoms with E-state index >= 15 is 0 Å². The van der Waals surface area contributed by atoms with Crippen molar-refractivity contribution in [3.63, 3.8) is 0 Å². The van der Waals surface area contributed by atoms with Crippen molar-refractivity contribution in [1.82, 2.24) is 10.6 Å². The predicted octanol–water partition coefficient (Wildman–Crippen LogP) is 2.07. The molecule has 1 aliphatic heterocycles. The minimum atomic E-state index is 0.764. The molecule has 2 fully saturated rings. The number of hydrogen-bond acceptors (Lipinski definition) is 2. The van der Waals surface area contributed by atoms with Gasteiger partial charge in [0, 0.05) is 12.1 Å². The number of rotatable bonds is 5. The monoisotopic (exact) mass is 208 g/mol. The van der Waals surface area contributed by atoms with E-state index in [1.807, 2.05) is 6.08 Å². The molecule has 1 aliphatic carbocycles. The Bertz CT molecular complexity index is 197. The fraction of sp³-hybridized carbons (Fsp3) is 0.846. The SMILES string of the molecule is C=CCCNC1CCCC1C1CCCN1. The van der Waals surface area contributed by atoms with Gasteiger partial charge >= 0.3 is 0 Å². The van der Waals surface area contributed by atoms with E-state index in [4.69, 9.17) is 0 Å². The van der Waals surface area contributed by atoms with Crippen LogP contribution < -0.4 is 10.6 Å². The molecule has 1 saturated carbocycles. The van der Waals surface area contributed by atoms with Crippen LogP contribution in [-0.4, -0.2) is 25.2 Å². The van der Waals surface area contributed by atoms with Crippen molar-refractivity contribution in [3.8, 4) is 0 Å². The molecule has 2 aliphatic rings. The first-order valence-electron chi connectivity index (χ1n) is 6.49. The van der Waals surface area contributed by atoms with E-state index < -0.39 is 0 Å². The molecule has 1 saturated heterocycles. The average Bonchev–Trinajstić information content (AvgIpc) is 2.87. The van der Waals surface area contributed by atoms with Crippen LogP contribution in [0.15, 0.2) is 12.7 Å². The summed E-state index contributed by atoms with van der Waals surface area (Å²) in [6.45, 7) is 6.11. The Labute approximate surface area is 93.5 Å². The molecule has 2 heteroatoms. The molecule has 15 heavy (non-hydrogen) atoms. The van der Waals surface area contributed by atoms with Crippen molar-refractivity contribution in [2.45, 2.75) is 50.6 Å². The minimum absolute atomic E-state index is 0.764. The second-order valence-electron chi connectivity index (χ2n) is 4.94. The Balaban J connectivity index is 1.78. The Kier molecular flexibility index (Phi) is 4.21. The lowest BCUT2D eigenvalue weighted by molar-refractivity contribution is 0.323. The molecule has 2 rings (SSSR count). The normalized spacial score (nSPS) is 35.9. The van der Waals surface area contributed by atoms with Gasteiger partial charge in [0.25, 0.3) is 0 Å². The van der Waals surface area contributed by atoms with Crippen LogP contribution in [0.25, 0.3) is 0 Å². The third-order valence-corrected chi connectivity index (χ3v) is 3.94. The summed E-state index contributed by atoms with van der Waals surface area (Å²) < 4.78 is 0. The Morgan fingerprint density at radius 3 is 2.93 bits per heavy atom. The molecule has 0 radical (unpaired) electrons. The van der Waals surface area contributed by atoms with Crippen molar-refractivity contribution < 1.29 is 0 Å². The maximum atomic E-state index is 3.77. The van der Waals surface area contributed by atoms with Gasteiger partial charge in [0.2, 0.25) is 0 Å². The molecule has 0 aromatic carbocycles. The van der Waals surface area contributed by atoms with Gasteiger partial charge in [0.05, 0.1) is 0 Å². The molecule has 0 amide bonds. The predicted molar refractivity (Wildman–Crippen MR) is 65.0 cm³/mol. The van der Waals surface area contributed by atoms with Crippen molar-refractivity contribution >= 4 is 0 Å². The summed E-state index contributed by atoms with van der Waals surface area (Å²) in [7, 11) is 0. The lowest BCUT2D eigenvalue weighted by Gasteiger charge is -2.26. The van der Waals surface area contributed by atoms with Gasteiger partial charge in [-0.05, 0) is 51.1 Å². The quantitative estimate of drug-likeness (QED) is 0.534. The van der Waals surface area contributed by atoms with Crippen LogP contribution in [-0.2, 0) is 0 Å². The highest BCUT2D eigenvalue weighted by Gasteiger charge is 2.34. The van der Waals surface area contributed by atoms with E-state index in [9.17, 15) is 0 Å². The first kappa shape index (κ1) is 11.2. The van der Waals surface area contributed by atoms with Crippen LogP contribution in [0.2, 0.25) is 0 Å². The fourth-order valence-corrected chi connectivity index (χ4v) is 3.17. The van der Waals surface area contributed by atoms with E-state index in [1.54, 1.807) is 0 Å². The minimum Gasteiger partial charge on any atom is -0.314 e. The maximum absolute atomic E-state index is 3.77. The van der Waals surface area contributed by atoms with E-state index in [-0.39, 0.29) is 0 Å². The number of nitrogens with one attached hydrogen (secondary N) is 2. The average molecular weight is 208 g/mol. The van der Waals surface area contributed by atoms with Crippen LogP contribution in [0.5, 0.6) is 0 Å². The van der Waals surface area contributed by atoms with E-state index in [2.05, 4.69) is 17.2 Å². The maximum Gasteiger partial charge on any atom is 0.0111 e. The molecular weight excluding hydrogens is 184 g/mol. The van der Waals surface area contributed by atoms with Gasteiger partial charge in [-0.1, -0.05) is 12.5 Å². The summed E-state index contributed by atoms with van der Waals surface area (Å²) in [4.78, 5) is 0. The van der Waals surface area contributed by atoms with Gasteiger partial charge < -0.3 is 10.6 Å². The third kappa shape index (κ3) is 2.82. The van der Waals surface area contributed by atoms with Gasteiger partial charge in [-0.25, -0.2) is 0 Å². The van der Waals surface area contributed by atoms with Gasteiger partial charge in [-0.15, -0.1) is 6.58 Å². The molecule has 3 unspecified atom stereocenters. The van der Waals surface area contributed by atoms with E-state index in [0.29, 0.717) is 0 Å². The zero-order valence-electron chi connectivity index (χ0n) is 9.67. The highest BCUT2D eigenvalue weighted by molar-refractivity contribution is 4.93. The molecular formula is C13H24N2. The summed E-state index contributed by atoms with van der Waals surface area (Å²) in [5.74, 6) is 0.886. The van der Waals surface area contributed by atoms with Crippen LogP contribution in [0, 0.1) is 5.92 Å². The Morgan fingerprint density at radius 2 is 2.20 bits per heavy atom. The van der Waals surface area contributed by atoms with Crippen molar-refractivity contribution in [2.75, 3.05) is 13.1 Å². The first-order chi connectivity index (χ1) is 7.42. The van der Waals surface area contributed by atoms with E-state index in [1.165, 1.54) is 38.6 Å². The summed E-state index contributed by atoms with van der Waals surface area (Å²) >= 11 is 0. The van der Waals surface area contributed by atoms with Gasteiger partial charge in [0.1, 0.15) is 0 Å². The second-order valence-corrected chi connectivity index (χ2v) is 4.94. The topological polar surface area (TPSA) is 24.1 Å². The molecule has 1 heterocycles. The highest BCUT2D eigenvalue weighted by Crippen LogP contribution is 2.31. The molecule has 0 aromatic rings. The highest BCUT2D eigenvalue weighted by atomic mass is 15.0. The second kappa shape index (κ2) is 5.66. The molecule has 0 bridgehead atoms. The van der Waals surface area contributed by atoms with Gasteiger partial charge in [-0.3, -0.25) is 0 Å².